The Morgan fingerprint density at radius 3 is 2.44 bits per heavy atom. The van der Waals surface area contributed by atoms with E-state index in [0.717, 1.165) is 45.2 Å². The summed E-state index contributed by atoms with van der Waals surface area (Å²) in [4.78, 5) is 0. The first-order chi connectivity index (χ1) is 12.0. The highest BCUT2D eigenvalue weighted by molar-refractivity contribution is 9.10. The molecular formula is C20H25BrClNO2. The van der Waals surface area contributed by atoms with Crippen molar-refractivity contribution in [3.8, 4) is 11.5 Å². The number of ether oxygens (including phenoxy) is 2. The topological polar surface area (TPSA) is 30.5 Å². The van der Waals surface area contributed by atoms with Crippen molar-refractivity contribution in [2.24, 2.45) is 5.92 Å². The van der Waals surface area contributed by atoms with Crippen LogP contribution in [0.25, 0.3) is 0 Å². The first-order valence-electron chi connectivity index (χ1n) is 8.52. The SMILES string of the molecule is CCOc1cc(CNCC(C)C)cc(Br)c1OCc1ccc(Cl)cc1. The molecule has 0 radical (unpaired) electrons. The second kappa shape index (κ2) is 10.0. The summed E-state index contributed by atoms with van der Waals surface area (Å²) in [5.74, 6) is 2.10. The van der Waals surface area contributed by atoms with Crippen LogP contribution in [0.2, 0.25) is 5.02 Å². The summed E-state index contributed by atoms with van der Waals surface area (Å²) in [6.07, 6.45) is 0. The lowest BCUT2D eigenvalue weighted by molar-refractivity contribution is 0.267. The molecule has 0 spiro atoms. The predicted molar refractivity (Wildman–Crippen MR) is 108 cm³/mol. The second-order valence-electron chi connectivity index (χ2n) is 6.28. The van der Waals surface area contributed by atoms with Gasteiger partial charge >= 0.3 is 0 Å². The minimum absolute atomic E-state index is 0.459. The standard InChI is InChI=1S/C20H25BrClNO2/c1-4-24-19-10-16(12-23-11-14(2)3)9-18(21)20(19)25-13-15-5-7-17(22)8-6-15/h5-10,14,23H,4,11-13H2,1-3H3. The van der Waals surface area contributed by atoms with Gasteiger partial charge in [-0.2, -0.15) is 0 Å². The van der Waals surface area contributed by atoms with Crippen LogP contribution >= 0.6 is 27.5 Å². The third-order valence-electron chi connectivity index (χ3n) is 3.55. The van der Waals surface area contributed by atoms with Crippen molar-refractivity contribution in [1.82, 2.24) is 5.32 Å². The molecule has 25 heavy (non-hydrogen) atoms. The summed E-state index contributed by atoms with van der Waals surface area (Å²) in [7, 11) is 0. The van der Waals surface area contributed by atoms with E-state index in [0.29, 0.717) is 19.1 Å². The molecule has 5 heteroatoms. The van der Waals surface area contributed by atoms with E-state index in [1.165, 1.54) is 0 Å². The predicted octanol–water partition coefficient (Wildman–Crippen LogP) is 5.83. The Kier molecular flexibility index (Phi) is 8.07. The van der Waals surface area contributed by atoms with Crippen molar-refractivity contribution in [1.29, 1.82) is 0 Å². The fourth-order valence-corrected chi connectivity index (χ4v) is 3.10. The van der Waals surface area contributed by atoms with Crippen LogP contribution in [0.3, 0.4) is 0 Å². The van der Waals surface area contributed by atoms with Crippen LogP contribution in [0.15, 0.2) is 40.9 Å². The minimum Gasteiger partial charge on any atom is -0.490 e. The fraction of sp³-hybridized carbons (Fsp3) is 0.400. The summed E-state index contributed by atoms with van der Waals surface area (Å²) >= 11 is 9.54. The molecule has 1 N–H and O–H groups in total. The molecule has 0 amide bonds. The number of nitrogens with one attached hydrogen (secondary N) is 1. The lowest BCUT2D eigenvalue weighted by atomic mass is 10.1. The maximum Gasteiger partial charge on any atom is 0.175 e. The zero-order valence-electron chi connectivity index (χ0n) is 14.9. The molecule has 0 atom stereocenters. The van der Waals surface area contributed by atoms with Gasteiger partial charge in [-0.05, 0) is 70.7 Å². The van der Waals surface area contributed by atoms with Crippen LogP contribution < -0.4 is 14.8 Å². The van der Waals surface area contributed by atoms with Crippen LogP contribution in [-0.2, 0) is 13.2 Å². The lowest BCUT2D eigenvalue weighted by Gasteiger charge is -2.16. The lowest BCUT2D eigenvalue weighted by Crippen LogP contribution is -2.19. The molecule has 136 valence electrons. The van der Waals surface area contributed by atoms with Crippen molar-refractivity contribution in [3.63, 3.8) is 0 Å². The molecule has 0 aromatic heterocycles. The third kappa shape index (κ3) is 6.53. The average molecular weight is 427 g/mol. The second-order valence-corrected chi connectivity index (χ2v) is 7.57. The molecule has 2 rings (SSSR count). The largest absolute Gasteiger partial charge is 0.490 e. The van der Waals surface area contributed by atoms with Crippen molar-refractivity contribution in [2.45, 2.75) is 33.9 Å². The minimum atomic E-state index is 0.459. The van der Waals surface area contributed by atoms with E-state index in [1.807, 2.05) is 37.3 Å². The molecule has 0 aliphatic heterocycles. The van der Waals surface area contributed by atoms with E-state index in [-0.39, 0.29) is 0 Å². The van der Waals surface area contributed by atoms with E-state index in [2.05, 4.69) is 41.2 Å². The maximum atomic E-state index is 6.01. The molecule has 0 unspecified atom stereocenters. The molecule has 0 aliphatic carbocycles. The molecule has 0 saturated carbocycles. The monoisotopic (exact) mass is 425 g/mol. The highest BCUT2D eigenvalue weighted by Gasteiger charge is 2.13. The van der Waals surface area contributed by atoms with Crippen LogP contribution in [0, 0.1) is 5.92 Å². The molecule has 2 aromatic rings. The van der Waals surface area contributed by atoms with Gasteiger partial charge in [-0.1, -0.05) is 37.6 Å². The third-order valence-corrected chi connectivity index (χ3v) is 4.39. The van der Waals surface area contributed by atoms with Gasteiger partial charge in [0.05, 0.1) is 11.1 Å². The zero-order valence-corrected chi connectivity index (χ0v) is 17.3. The molecule has 0 bridgehead atoms. The first-order valence-corrected chi connectivity index (χ1v) is 9.69. The number of benzene rings is 2. The first kappa shape index (κ1) is 20.1. The van der Waals surface area contributed by atoms with E-state index in [1.54, 1.807) is 0 Å². The van der Waals surface area contributed by atoms with Gasteiger partial charge in [0.25, 0.3) is 0 Å². The molecule has 0 saturated heterocycles. The normalized spacial score (nSPS) is 11.0. The van der Waals surface area contributed by atoms with Gasteiger partial charge in [-0.3, -0.25) is 0 Å². The molecule has 3 nitrogen and oxygen atoms in total. The van der Waals surface area contributed by atoms with E-state index in [4.69, 9.17) is 21.1 Å². The Labute approximate surface area is 163 Å². The Hall–Kier alpha value is -1.23. The van der Waals surface area contributed by atoms with Gasteiger partial charge in [0.15, 0.2) is 11.5 Å². The summed E-state index contributed by atoms with van der Waals surface area (Å²) in [6.45, 7) is 9.20. The van der Waals surface area contributed by atoms with Gasteiger partial charge in [-0.25, -0.2) is 0 Å². The van der Waals surface area contributed by atoms with Gasteiger partial charge in [0.2, 0.25) is 0 Å². The van der Waals surface area contributed by atoms with Crippen molar-refractivity contribution in [2.75, 3.05) is 13.2 Å². The van der Waals surface area contributed by atoms with Crippen LogP contribution in [0.4, 0.5) is 0 Å². The Morgan fingerprint density at radius 2 is 1.80 bits per heavy atom. The summed E-state index contributed by atoms with van der Waals surface area (Å²) in [6, 6.07) is 11.8. The van der Waals surface area contributed by atoms with E-state index in [9.17, 15) is 0 Å². The number of halogens is 2. The molecule has 0 aliphatic rings. The Balaban J connectivity index is 2.11. The molecular weight excluding hydrogens is 402 g/mol. The van der Waals surface area contributed by atoms with Gasteiger partial charge < -0.3 is 14.8 Å². The average Bonchev–Trinajstić information content (AvgIpc) is 2.55. The summed E-state index contributed by atoms with van der Waals surface area (Å²) < 4.78 is 12.7. The van der Waals surface area contributed by atoms with Crippen molar-refractivity contribution in [3.05, 3.63) is 57.0 Å². The summed E-state index contributed by atoms with van der Waals surface area (Å²) in [5.41, 5.74) is 2.22. The molecule has 2 aromatic carbocycles. The van der Waals surface area contributed by atoms with Crippen LogP contribution in [0.5, 0.6) is 11.5 Å². The summed E-state index contributed by atoms with van der Waals surface area (Å²) in [5, 5.41) is 4.17. The molecule has 0 heterocycles. The van der Waals surface area contributed by atoms with Gasteiger partial charge in [0, 0.05) is 11.6 Å². The number of hydrogen-bond acceptors (Lipinski definition) is 3. The van der Waals surface area contributed by atoms with Gasteiger partial charge in [-0.15, -0.1) is 0 Å². The Bertz CT molecular complexity index is 674. The highest BCUT2D eigenvalue weighted by Crippen LogP contribution is 2.37. The number of rotatable bonds is 9. The van der Waals surface area contributed by atoms with E-state index < -0.39 is 0 Å². The van der Waals surface area contributed by atoms with Crippen LogP contribution in [0.1, 0.15) is 31.9 Å². The highest BCUT2D eigenvalue weighted by atomic mass is 79.9. The smallest absolute Gasteiger partial charge is 0.175 e. The van der Waals surface area contributed by atoms with Crippen molar-refractivity contribution < 1.29 is 9.47 Å². The maximum absolute atomic E-state index is 6.01. The fourth-order valence-electron chi connectivity index (χ4n) is 2.37. The van der Waals surface area contributed by atoms with Crippen molar-refractivity contribution >= 4 is 27.5 Å². The van der Waals surface area contributed by atoms with Crippen LogP contribution in [-0.4, -0.2) is 13.2 Å². The van der Waals surface area contributed by atoms with Gasteiger partial charge in [0.1, 0.15) is 6.61 Å². The van der Waals surface area contributed by atoms with E-state index >= 15 is 0 Å². The molecule has 0 fully saturated rings. The number of hydrogen-bond donors (Lipinski definition) is 1. The Morgan fingerprint density at radius 1 is 1.08 bits per heavy atom. The quantitative estimate of drug-likeness (QED) is 0.547. The zero-order chi connectivity index (χ0) is 18.2.